The molecule has 1 aromatic heterocycles. The van der Waals surface area contributed by atoms with E-state index in [0.717, 1.165) is 0 Å². The molecule has 0 aromatic carbocycles. The minimum atomic E-state index is -0.581. The summed E-state index contributed by atoms with van der Waals surface area (Å²) in [4.78, 5) is 11.9. The van der Waals surface area contributed by atoms with Crippen molar-refractivity contribution in [3.8, 4) is 0 Å². The number of methoxy groups -OCH3 is 1. The molecule has 0 saturated heterocycles. The standard InChI is InChI=1S/C12H23N3O3/c1-10(2)15-6-5-14(12(15)17)9-11(16)8-13-4-7-18-3/h5-6,10-11,13,16H,4,7-9H2,1-3H3. The van der Waals surface area contributed by atoms with Gasteiger partial charge in [-0.1, -0.05) is 0 Å². The van der Waals surface area contributed by atoms with Gasteiger partial charge in [-0.25, -0.2) is 4.79 Å². The average molecular weight is 257 g/mol. The Bertz CT molecular complexity index is 398. The van der Waals surface area contributed by atoms with E-state index in [1.807, 2.05) is 13.8 Å². The first-order valence-corrected chi connectivity index (χ1v) is 6.21. The van der Waals surface area contributed by atoms with E-state index in [2.05, 4.69) is 5.32 Å². The van der Waals surface area contributed by atoms with E-state index < -0.39 is 6.10 Å². The van der Waals surface area contributed by atoms with Crippen molar-refractivity contribution in [2.24, 2.45) is 0 Å². The SMILES string of the molecule is COCCNCC(O)Cn1ccn(C(C)C)c1=O. The van der Waals surface area contributed by atoms with Crippen LogP contribution in [-0.2, 0) is 11.3 Å². The smallest absolute Gasteiger partial charge is 0.328 e. The lowest BCUT2D eigenvalue weighted by Crippen LogP contribution is -2.35. The highest BCUT2D eigenvalue weighted by Crippen LogP contribution is 1.99. The molecule has 2 N–H and O–H groups in total. The Morgan fingerprint density at radius 1 is 1.44 bits per heavy atom. The highest BCUT2D eigenvalue weighted by molar-refractivity contribution is 4.84. The summed E-state index contributed by atoms with van der Waals surface area (Å²) in [5, 5.41) is 12.9. The summed E-state index contributed by atoms with van der Waals surface area (Å²) in [7, 11) is 1.63. The molecule has 0 fully saturated rings. The Morgan fingerprint density at radius 3 is 2.72 bits per heavy atom. The number of aliphatic hydroxyl groups is 1. The van der Waals surface area contributed by atoms with Gasteiger partial charge in [-0.3, -0.25) is 9.13 Å². The van der Waals surface area contributed by atoms with Crippen LogP contribution in [-0.4, -0.2) is 47.2 Å². The van der Waals surface area contributed by atoms with E-state index in [-0.39, 0.29) is 11.7 Å². The summed E-state index contributed by atoms with van der Waals surface area (Å²) >= 11 is 0. The molecule has 0 saturated carbocycles. The Morgan fingerprint density at radius 2 is 2.17 bits per heavy atom. The average Bonchev–Trinajstić information content (AvgIpc) is 2.67. The predicted molar refractivity (Wildman–Crippen MR) is 69.8 cm³/mol. The van der Waals surface area contributed by atoms with Gasteiger partial charge >= 0.3 is 5.69 Å². The van der Waals surface area contributed by atoms with E-state index in [9.17, 15) is 9.90 Å². The van der Waals surface area contributed by atoms with E-state index in [1.165, 1.54) is 4.57 Å². The minimum Gasteiger partial charge on any atom is -0.390 e. The van der Waals surface area contributed by atoms with Crippen LogP contribution in [0.15, 0.2) is 17.2 Å². The number of imidazole rings is 1. The number of hydrogen-bond donors (Lipinski definition) is 2. The quantitative estimate of drug-likeness (QED) is 0.634. The second-order valence-corrected chi connectivity index (χ2v) is 4.58. The molecule has 6 heteroatoms. The zero-order valence-corrected chi connectivity index (χ0v) is 11.3. The number of hydrogen-bond acceptors (Lipinski definition) is 4. The second kappa shape index (κ2) is 7.35. The highest BCUT2D eigenvalue weighted by Gasteiger charge is 2.10. The van der Waals surface area contributed by atoms with Crippen LogP contribution in [0.2, 0.25) is 0 Å². The Balaban J connectivity index is 2.44. The van der Waals surface area contributed by atoms with Gasteiger partial charge in [0.15, 0.2) is 0 Å². The van der Waals surface area contributed by atoms with E-state index >= 15 is 0 Å². The molecule has 18 heavy (non-hydrogen) atoms. The molecule has 0 aliphatic heterocycles. The maximum atomic E-state index is 11.9. The number of ether oxygens (including phenoxy) is 1. The van der Waals surface area contributed by atoms with Crippen LogP contribution in [0.5, 0.6) is 0 Å². The molecule has 1 atom stereocenters. The summed E-state index contributed by atoms with van der Waals surface area (Å²) in [6.07, 6.45) is 2.88. The lowest BCUT2D eigenvalue weighted by atomic mass is 10.3. The van der Waals surface area contributed by atoms with E-state index in [0.29, 0.717) is 26.2 Å². The van der Waals surface area contributed by atoms with Crippen molar-refractivity contribution in [3.63, 3.8) is 0 Å². The monoisotopic (exact) mass is 257 g/mol. The van der Waals surface area contributed by atoms with Crippen molar-refractivity contribution < 1.29 is 9.84 Å². The lowest BCUT2D eigenvalue weighted by Gasteiger charge is -2.12. The zero-order chi connectivity index (χ0) is 13.5. The fourth-order valence-electron chi connectivity index (χ4n) is 1.69. The predicted octanol–water partition coefficient (Wildman–Crippen LogP) is -0.172. The van der Waals surface area contributed by atoms with Gasteiger partial charge in [-0.2, -0.15) is 0 Å². The van der Waals surface area contributed by atoms with Crippen molar-refractivity contribution in [2.75, 3.05) is 26.8 Å². The third-order valence-electron chi connectivity index (χ3n) is 2.70. The molecule has 6 nitrogen and oxygen atoms in total. The first-order valence-electron chi connectivity index (χ1n) is 6.21. The fraction of sp³-hybridized carbons (Fsp3) is 0.750. The van der Waals surface area contributed by atoms with Crippen LogP contribution in [0.1, 0.15) is 19.9 Å². The van der Waals surface area contributed by atoms with Gasteiger partial charge in [0, 0.05) is 38.6 Å². The van der Waals surface area contributed by atoms with Gasteiger partial charge in [0.2, 0.25) is 0 Å². The molecule has 104 valence electrons. The molecule has 1 unspecified atom stereocenters. The van der Waals surface area contributed by atoms with Crippen LogP contribution < -0.4 is 11.0 Å². The zero-order valence-electron chi connectivity index (χ0n) is 11.3. The first-order chi connectivity index (χ1) is 8.56. The molecule has 0 radical (unpaired) electrons. The van der Waals surface area contributed by atoms with Crippen molar-refractivity contribution >= 4 is 0 Å². The van der Waals surface area contributed by atoms with Crippen LogP contribution in [0, 0.1) is 0 Å². The molecule has 1 aromatic rings. The van der Waals surface area contributed by atoms with Crippen molar-refractivity contribution in [1.82, 2.24) is 14.5 Å². The second-order valence-electron chi connectivity index (χ2n) is 4.58. The van der Waals surface area contributed by atoms with Crippen LogP contribution in [0.25, 0.3) is 0 Å². The molecule has 0 bridgehead atoms. The molecule has 0 spiro atoms. The van der Waals surface area contributed by atoms with Gasteiger partial charge in [0.25, 0.3) is 0 Å². The molecule has 1 rings (SSSR count). The molecular weight excluding hydrogens is 234 g/mol. The number of nitrogens with one attached hydrogen (secondary N) is 1. The van der Waals surface area contributed by atoms with Gasteiger partial charge in [0.1, 0.15) is 0 Å². The number of aliphatic hydroxyl groups excluding tert-OH is 1. The maximum absolute atomic E-state index is 11.9. The fourth-order valence-corrected chi connectivity index (χ4v) is 1.69. The van der Waals surface area contributed by atoms with Gasteiger partial charge in [0.05, 0.1) is 19.3 Å². The molecule has 0 aliphatic carbocycles. The Labute approximate surface area is 107 Å². The van der Waals surface area contributed by atoms with Crippen molar-refractivity contribution in [2.45, 2.75) is 32.5 Å². The van der Waals surface area contributed by atoms with Gasteiger partial charge in [-0.05, 0) is 13.8 Å². The first kappa shape index (κ1) is 14.9. The third kappa shape index (κ3) is 4.29. The summed E-state index contributed by atoms with van der Waals surface area (Å²) in [5.41, 5.74) is -0.0825. The summed E-state index contributed by atoms with van der Waals surface area (Å²) in [5.74, 6) is 0. The summed E-state index contributed by atoms with van der Waals surface area (Å²) < 4.78 is 8.06. The summed E-state index contributed by atoms with van der Waals surface area (Å²) in [6.45, 7) is 5.95. The highest BCUT2D eigenvalue weighted by atomic mass is 16.5. The number of nitrogens with zero attached hydrogens (tertiary/aromatic N) is 2. The van der Waals surface area contributed by atoms with Crippen LogP contribution >= 0.6 is 0 Å². The Kier molecular flexibility index (Phi) is 6.11. The molecule has 0 aliphatic rings. The topological polar surface area (TPSA) is 68.4 Å². The van der Waals surface area contributed by atoms with E-state index in [1.54, 1.807) is 24.1 Å². The minimum absolute atomic E-state index is 0.0825. The van der Waals surface area contributed by atoms with Crippen molar-refractivity contribution in [1.29, 1.82) is 0 Å². The molecule has 1 heterocycles. The van der Waals surface area contributed by atoms with E-state index in [4.69, 9.17) is 4.74 Å². The van der Waals surface area contributed by atoms with Gasteiger partial charge in [-0.15, -0.1) is 0 Å². The lowest BCUT2D eigenvalue weighted by molar-refractivity contribution is 0.142. The van der Waals surface area contributed by atoms with Crippen molar-refractivity contribution in [3.05, 3.63) is 22.9 Å². The number of rotatable bonds is 8. The molecule has 0 amide bonds. The van der Waals surface area contributed by atoms with Gasteiger partial charge < -0.3 is 15.2 Å². The normalized spacial score (nSPS) is 13.2. The van der Waals surface area contributed by atoms with Crippen LogP contribution in [0.3, 0.4) is 0 Å². The molecular formula is C12H23N3O3. The largest absolute Gasteiger partial charge is 0.390 e. The Hall–Kier alpha value is -1.11. The van der Waals surface area contributed by atoms with Crippen LogP contribution in [0.4, 0.5) is 0 Å². The maximum Gasteiger partial charge on any atom is 0.328 e. The third-order valence-corrected chi connectivity index (χ3v) is 2.70. The summed E-state index contributed by atoms with van der Waals surface area (Å²) in [6, 6.07) is 0.135. The number of aromatic nitrogens is 2.